The molecule has 1 aromatic carbocycles. The highest BCUT2D eigenvalue weighted by atomic mass is 15.3. The fraction of sp³-hybridized carbons (Fsp3) is 0.429. The second-order valence-electron chi connectivity index (χ2n) is 5.26. The zero-order chi connectivity index (χ0) is 12.7. The van der Waals surface area contributed by atoms with Crippen molar-refractivity contribution < 1.29 is 0 Å². The third-order valence-corrected chi connectivity index (χ3v) is 3.71. The Hall–Kier alpha value is -1.84. The van der Waals surface area contributed by atoms with E-state index in [0.29, 0.717) is 5.92 Å². The van der Waals surface area contributed by atoms with Gasteiger partial charge in [0, 0.05) is 24.2 Å². The number of hydrogen-bond acceptors (Lipinski definition) is 3. The molecule has 94 valence electrons. The predicted molar refractivity (Wildman–Crippen MR) is 72.1 cm³/mol. The van der Waals surface area contributed by atoms with E-state index in [1.807, 2.05) is 18.2 Å². The van der Waals surface area contributed by atoms with Crippen LogP contribution in [0.2, 0.25) is 0 Å². The van der Waals surface area contributed by atoms with E-state index < -0.39 is 0 Å². The zero-order valence-corrected chi connectivity index (χ0v) is 10.8. The molecule has 18 heavy (non-hydrogen) atoms. The van der Waals surface area contributed by atoms with Gasteiger partial charge in [-0.15, -0.1) is 10.2 Å². The summed E-state index contributed by atoms with van der Waals surface area (Å²) in [7, 11) is 0. The Morgan fingerprint density at radius 2 is 2.17 bits per heavy atom. The van der Waals surface area contributed by atoms with Crippen molar-refractivity contribution in [3.05, 3.63) is 29.6 Å². The van der Waals surface area contributed by atoms with Gasteiger partial charge in [0.1, 0.15) is 5.82 Å². The zero-order valence-electron chi connectivity index (χ0n) is 10.8. The topological polar surface area (TPSA) is 56.7 Å². The lowest BCUT2D eigenvalue weighted by molar-refractivity contribution is 0.411. The van der Waals surface area contributed by atoms with E-state index in [0.717, 1.165) is 35.9 Å². The normalized spacial score (nSPS) is 18.7. The fourth-order valence-corrected chi connectivity index (χ4v) is 2.56. The number of rotatable bonds is 1. The van der Waals surface area contributed by atoms with Crippen molar-refractivity contribution in [2.75, 3.05) is 5.73 Å². The SMILES string of the molecule is Cc1ccc(N)cc1-c1nnc2n1CCC(C)C2. The van der Waals surface area contributed by atoms with Crippen molar-refractivity contribution >= 4 is 5.69 Å². The van der Waals surface area contributed by atoms with Gasteiger partial charge in [-0.2, -0.15) is 0 Å². The minimum atomic E-state index is 0.705. The molecule has 2 N–H and O–H groups in total. The summed E-state index contributed by atoms with van der Waals surface area (Å²) >= 11 is 0. The predicted octanol–water partition coefficient (Wildman–Crippen LogP) is 2.42. The summed E-state index contributed by atoms with van der Waals surface area (Å²) in [5, 5.41) is 8.69. The molecule has 0 saturated carbocycles. The number of nitrogens with two attached hydrogens (primary N) is 1. The molecular formula is C14H18N4. The van der Waals surface area contributed by atoms with Gasteiger partial charge in [0.05, 0.1) is 0 Å². The van der Waals surface area contributed by atoms with Crippen molar-refractivity contribution in [3.63, 3.8) is 0 Å². The van der Waals surface area contributed by atoms with Gasteiger partial charge in [-0.3, -0.25) is 0 Å². The molecule has 0 aliphatic carbocycles. The minimum Gasteiger partial charge on any atom is -0.399 e. The third-order valence-electron chi connectivity index (χ3n) is 3.71. The highest BCUT2D eigenvalue weighted by Crippen LogP contribution is 2.28. The molecule has 1 aromatic heterocycles. The number of aryl methyl sites for hydroxylation is 1. The van der Waals surface area contributed by atoms with Crippen LogP contribution in [0.3, 0.4) is 0 Å². The number of anilines is 1. The van der Waals surface area contributed by atoms with Crippen LogP contribution < -0.4 is 5.73 Å². The van der Waals surface area contributed by atoms with E-state index in [1.54, 1.807) is 0 Å². The quantitative estimate of drug-likeness (QED) is 0.781. The number of aromatic nitrogens is 3. The Morgan fingerprint density at radius 3 is 3.00 bits per heavy atom. The summed E-state index contributed by atoms with van der Waals surface area (Å²) in [6, 6.07) is 5.96. The van der Waals surface area contributed by atoms with Crippen LogP contribution in [0.1, 0.15) is 24.7 Å². The van der Waals surface area contributed by atoms with E-state index in [9.17, 15) is 0 Å². The van der Waals surface area contributed by atoms with Crippen LogP contribution in [0.15, 0.2) is 18.2 Å². The van der Waals surface area contributed by atoms with E-state index in [-0.39, 0.29) is 0 Å². The first kappa shape index (κ1) is 11.3. The summed E-state index contributed by atoms with van der Waals surface area (Å²) < 4.78 is 2.24. The van der Waals surface area contributed by atoms with Crippen LogP contribution in [-0.2, 0) is 13.0 Å². The maximum Gasteiger partial charge on any atom is 0.164 e. The molecular weight excluding hydrogens is 224 g/mol. The van der Waals surface area contributed by atoms with Crippen LogP contribution in [0.4, 0.5) is 5.69 Å². The van der Waals surface area contributed by atoms with Gasteiger partial charge >= 0.3 is 0 Å². The van der Waals surface area contributed by atoms with E-state index in [2.05, 4.69) is 28.6 Å². The molecule has 0 fully saturated rings. The number of benzene rings is 1. The number of hydrogen-bond donors (Lipinski definition) is 1. The second-order valence-corrected chi connectivity index (χ2v) is 5.26. The van der Waals surface area contributed by atoms with Crippen LogP contribution >= 0.6 is 0 Å². The second kappa shape index (κ2) is 4.12. The van der Waals surface area contributed by atoms with Gasteiger partial charge in [-0.05, 0) is 37.0 Å². The first-order valence-electron chi connectivity index (χ1n) is 6.43. The van der Waals surface area contributed by atoms with Crippen LogP contribution in [0.5, 0.6) is 0 Å². The van der Waals surface area contributed by atoms with Crippen LogP contribution in [0.25, 0.3) is 11.4 Å². The first-order chi connectivity index (χ1) is 8.65. The average Bonchev–Trinajstić information content (AvgIpc) is 2.75. The van der Waals surface area contributed by atoms with Gasteiger partial charge in [-0.25, -0.2) is 0 Å². The monoisotopic (exact) mass is 242 g/mol. The maximum atomic E-state index is 5.87. The van der Waals surface area contributed by atoms with Gasteiger partial charge < -0.3 is 10.3 Å². The minimum absolute atomic E-state index is 0.705. The van der Waals surface area contributed by atoms with Crippen molar-refractivity contribution in [1.29, 1.82) is 0 Å². The van der Waals surface area contributed by atoms with E-state index >= 15 is 0 Å². The molecule has 0 saturated heterocycles. The molecule has 0 bridgehead atoms. The lowest BCUT2D eigenvalue weighted by Gasteiger charge is -2.20. The Bertz CT molecular complexity index is 585. The third kappa shape index (κ3) is 1.78. The van der Waals surface area contributed by atoms with E-state index in [4.69, 9.17) is 5.73 Å². The Morgan fingerprint density at radius 1 is 1.33 bits per heavy atom. The smallest absolute Gasteiger partial charge is 0.164 e. The number of nitrogens with zero attached hydrogens (tertiary/aromatic N) is 3. The lowest BCUT2D eigenvalue weighted by Crippen LogP contribution is -2.18. The molecule has 1 aliphatic rings. The van der Waals surface area contributed by atoms with Gasteiger partial charge in [0.2, 0.25) is 0 Å². The molecule has 1 aliphatic heterocycles. The molecule has 2 aromatic rings. The molecule has 0 radical (unpaired) electrons. The molecule has 4 nitrogen and oxygen atoms in total. The van der Waals surface area contributed by atoms with Crippen molar-refractivity contribution in [3.8, 4) is 11.4 Å². The largest absolute Gasteiger partial charge is 0.399 e. The molecule has 1 unspecified atom stereocenters. The van der Waals surface area contributed by atoms with Crippen molar-refractivity contribution in [2.24, 2.45) is 5.92 Å². The Kier molecular flexibility index (Phi) is 2.58. The molecule has 3 rings (SSSR count). The maximum absolute atomic E-state index is 5.87. The number of nitrogen functional groups attached to an aromatic ring is 1. The van der Waals surface area contributed by atoms with Crippen molar-refractivity contribution in [2.45, 2.75) is 33.2 Å². The molecule has 4 heteroatoms. The van der Waals surface area contributed by atoms with Crippen molar-refractivity contribution in [1.82, 2.24) is 14.8 Å². The standard InChI is InChI=1S/C14H18N4/c1-9-5-6-18-13(7-9)16-17-14(18)12-8-11(15)4-3-10(12)2/h3-4,8-9H,5-7,15H2,1-2H3. The lowest BCUT2D eigenvalue weighted by atomic mass is 9.99. The summed E-state index contributed by atoms with van der Waals surface area (Å²) in [5.74, 6) is 2.77. The van der Waals surface area contributed by atoms with E-state index in [1.165, 1.54) is 12.0 Å². The van der Waals surface area contributed by atoms with Crippen LogP contribution in [-0.4, -0.2) is 14.8 Å². The summed E-state index contributed by atoms with van der Waals surface area (Å²) in [6.07, 6.45) is 2.22. The Labute approximate surface area is 107 Å². The molecule has 1 atom stereocenters. The first-order valence-corrected chi connectivity index (χ1v) is 6.43. The molecule has 2 heterocycles. The average molecular weight is 242 g/mol. The highest BCUT2D eigenvalue weighted by Gasteiger charge is 2.21. The van der Waals surface area contributed by atoms with Gasteiger partial charge in [-0.1, -0.05) is 13.0 Å². The van der Waals surface area contributed by atoms with Gasteiger partial charge in [0.25, 0.3) is 0 Å². The molecule has 0 spiro atoms. The molecule has 0 amide bonds. The Balaban J connectivity index is 2.10. The van der Waals surface area contributed by atoms with Gasteiger partial charge in [0.15, 0.2) is 5.82 Å². The fourth-order valence-electron chi connectivity index (χ4n) is 2.56. The number of fused-ring (bicyclic) bond motifs is 1. The highest BCUT2D eigenvalue weighted by molar-refractivity contribution is 5.65. The summed E-state index contributed by atoms with van der Waals surface area (Å²) in [5.41, 5.74) is 8.94. The van der Waals surface area contributed by atoms with Crippen LogP contribution in [0, 0.1) is 12.8 Å². The summed E-state index contributed by atoms with van der Waals surface area (Å²) in [4.78, 5) is 0. The summed E-state index contributed by atoms with van der Waals surface area (Å²) in [6.45, 7) is 5.36.